The number of carboxylic acid groups (broad SMARTS) is 1. The van der Waals surface area contributed by atoms with E-state index >= 15 is 0 Å². The van der Waals surface area contributed by atoms with E-state index in [2.05, 4.69) is 47.2 Å². The fourth-order valence-electron chi connectivity index (χ4n) is 8.40. The van der Waals surface area contributed by atoms with Gasteiger partial charge >= 0.3 is 5.97 Å². The molecular formula is C59H92N10O21S. The predicted molar refractivity (Wildman–Crippen MR) is 324 cm³/mol. The normalized spacial score (nSPS) is 14.1. The van der Waals surface area contributed by atoms with Crippen LogP contribution in [0.5, 0.6) is 0 Å². The van der Waals surface area contributed by atoms with Crippen LogP contribution in [0.3, 0.4) is 0 Å². The molecule has 1 saturated carbocycles. The van der Waals surface area contributed by atoms with Crippen LogP contribution in [0.1, 0.15) is 87.3 Å². The maximum absolute atomic E-state index is 13.6. The maximum Gasteiger partial charge on any atom is 0.333 e. The van der Waals surface area contributed by atoms with Crippen LogP contribution < -0.4 is 37.2 Å². The lowest BCUT2D eigenvalue weighted by atomic mass is 10.1. The van der Waals surface area contributed by atoms with E-state index in [1.165, 1.54) is 31.9 Å². The lowest BCUT2D eigenvalue weighted by Crippen LogP contribution is -2.53. The molecule has 2 heterocycles. The Hall–Kier alpha value is -6.88. The third-order valence-electron chi connectivity index (χ3n) is 13.7. The predicted octanol–water partition coefficient (Wildman–Crippen LogP) is -1.61. The number of fused-ring (bicyclic) bond motifs is 1. The minimum Gasteiger partial charge on any atom is -0.479 e. The van der Waals surface area contributed by atoms with Crippen molar-refractivity contribution in [3.8, 4) is 0 Å². The SMILES string of the molecule is COCCOCCOCCOCCOCCOCCOCCOCCC(=O)NCCCC[C@H](NC(=O)CCN1CCc2nc(S(=O)(=O)C(C)(C)C)ncc2C1=O)C(=O)NCC(=O)NCC(=O)N[C@@H](Cc1ccccc1)C(=O)NCC(=O)NCO[C@H](C(=O)O)C1CC1. The first-order valence-corrected chi connectivity index (χ1v) is 31.9. The van der Waals surface area contributed by atoms with E-state index in [1.807, 2.05) is 0 Å². The third-order valence-corrected chi connectivity index (χ3v) is 16.0. The van der Waals surface area contributed by atoms with Crippen LogP contribution in [-0.2, 0) is 104 Å². The van der Waals surface area contributed by atoms with Crippen LogP contribution in [0.25, 0.3) is 0 Å². The summed E-state index contributed by atoms with van der Waals surface area (Å²) in [7, 11) is -2.28. The number of hydrogen-bond donors (Lipinski definition) is 8. The van der Waals surface area contributed by atoms with Crippen molar-refractivity contribution in [2.24, 2.45) is 5.92 Å². The number of unbranched alkanes of at least 4 members (excludes halogenated alkanes) is 1. The largest absolute Gasteiger partial charge is 0.479 e. The second-order valence-electron chi connectivity index (χ2n) is 21.9. The number of carbonyl (C=O) groups is 9. The summed E-state index contributed by atoms with van der Waals surface area (Å²) in [5.74, 6) is -6.38. The van der Waals surface area contributed by atoms with E-state index in [0.717, 1.165) is 0 Å². The maximum atomic E-state index is 13.6. The molecule has 1 aliphatic carbocycles. The Bertz CT molecular complexity index is 2700. The van der Waals surface area contributed by atoms with Crippen molar-refractivity contribution >= 4 is 63.1 Å². The van der Waals surface area contributed by atoms with E-state index in [0.29, 0.717) is 117 Å². The Balaban J connectivity index is 1.17. The summed E-state index contributed by atoms with van der Waals surface area (Å²) < 4.78 is 73.2. The first kappa shape index (κ1) is 76.6. The van der Waals surface area contributed by atoms with Crippen LogP contribution in [-0.4, -0.2) is 257 Å². The third kappa shape index (κ3) is 31.3. The van der Waals surface area contributed by atoms with Crippen molar-refractivity contribution in [2.75, 3.05) is 152 Å². The van der Waals surface area contributed by atoms with E-state index in [9.17, 15) is 56.7 Å². The number of sulfone groups is 1. The fourth-order valence-corrected chi connectivity index (χ4v) is 9.37. The van der Waals surface area contributed by atoms with Gasteiger partial charge in [0.1, 0.15) is 18.8 Å². The number of hydrogen-bond acceptors (Lipinski definition) is 22. The highest BCUT2D eigenvalue weighted by atomic mass is 32.2. The van der Waals surface area contributed by atoms with Crippen molar-refractivity contribution in [3.63, 3.8) is 0 Å². The van der Waals surface area contributed by atoms with Gasteiger partial charge in [0, 0.05) is 58.6 Å². The van der Waals surface area contributed by atoms with Crippen LogP contribution >= 0.6 is 0 Å². The number of methoxy groups -OCH3 is 1. The van der Waals surface area contributed by atoms with Gasteiger partial charge in [-0.3, -0.25) is 38.4 Å². The molecule has 0 saturated heterocycles. The number of nitrogens with one attached hydrogen (secondary N) is 7. The topological polar surface area (TPSA) is 404 Å². The average molecular weight is 1310 g/mol. The Kier molecular flexibility index (Phi) is 36.2. The molecule has 8 amide bonds. The van der Waals surface area contributed by atoms with Gasteiger partial charge in [-0.2, -0.15) is 0 Å². The van der Waals surface area contributed by atoms with Gasteiger partial charge in [-0.1, -0.05) is 30.3 Å². The average Bonchev–Trinajstić information content (AvgIpc) is 1.57. The van der Waals surface area contributed by atoms with E-state index in [4.69, 9.17) is 42.6 Å². The van der Waals surface area contributed by atoms with Gasteiger partial charge in [0.05, 0.1) is 135 Å². The Morgan fingerprint density at radius 2 is 1.16 bits per heavy atom. The number of aliphatic carboxylic acids is 1. The Labute approximate surface area is 530 Å². The van der Waals surface area contributed by atoms with Gasteiger partial charge < -0.3 is 89.9 Å². The molecule has 2 aliphatic rings. The van der Waals surface area contributed by atoms with Crippen LogP contribution in [0.2, 0.25) is 0 Å². The zero-order chi connectivity index (χ0) is 66.3. The molecule has 1 aromatic heterocycles. The summed E-state index contributed by atoms with van der Waals surface area (Å²) >= 11 is 0. The number of rotatable bonds is 50. The molecule has 8 N–H and O–H groups in total. The molecule has 0 radical (unpaired) electrons. The van der Waals surface area contributed by atoms with Gasteiger partial charge in [-0.05, 0) is 64.4 Å². The zero-order valence-electron chi connectivity index (χ0n) is 52.6. The molecule has 32 heteroatoms. The number of ether oxygens (including phenoxy) is 9. The lowest BCUT2D eigenvalue weighted by molar-refractivity contribution is -0.153. The number of carbonyl (C=O) groups excluding carboxylic acids is 8. The Morgan fingerprint density at radius 3 is 1.71 bits per heavy atom. The van der Waals surface area contributed by atoms with Crippen LogP contribution in [0, 0.1) is 5.92 Å². The molecule has 3 atom stereocenters. The van der Waals surface area contributed by atoms with Crippen LogP contribution in [0.4, 0.5) is 0 Å². The van der Waals surface area contributed by atoms with Gasteiger partial charge in [0.25, 0.3) is 5.91 Å². The van der Waals surface area contributed by atoms with Crippen molar-refractivity contribution < 1.29 is 99.3 Å². The van der Waals surface area contributed by atoms with Crippen molar-refractivity contribution in [1.29, 1.82) is 0 Å². The highest BCUT2D eigenvalue weighted by molar-refractivity contribution is 7.92. The summed E-state index contributed by atoms with van der Waals surface area (Å²) in [5, 5.41) is 26.7. The monoisotopic (exact) mass is 1310 g/mol. The standard InChI is InChI=1S/C59H92N10O21S/c1-59(2,3)91(80,81)58-64-37-44-45(68-58)15-19-69(56(44)77)20-16-49(71)66-46(12-8-9-18-60-48(70)17-21-83-24-25-85-28-29-87-32-33-89-35-34-88-31-30-86-27-26-84-23-22-82-4)54(75)62-38-50(72)61-40-52(74)67-47(36-42-10-6-5-7-11-42)55(76)63-39-51(73)65-41-90-53(57(78)79)43-13-14-43/h5-7,10-11,37,43,46-47,53H,8-9,12-36,38-41H2,1-4H3,(H,60,70)(H,61,72)(H,62,75)(H,63,76)(H,65,73)(H,66,71)(H,67,74)(H,78,79)/t46-,47-,53-/m0/s1. The molecule has 0 spiro atoms. The zero-order valence-corrected chi connectivity index (χ0v) is 53.4. The second-order valence-corrected chi connectivity index (χ2v) is 24.5. The summed E-state index contributed by atoms with van der Waals surface area (Å²) in [6.07, 6.45) is 2.34. The fraction of sp³-hybridized carbons (Fsp3) is 0.678. The van der Waals surface area contributed by atoms with E-state index in [1.54, 1.807) is 37.4 Å². The van der Waals surface area contributed by atoms with Crippen molar-refractivity contribution in [2.45, 2.75) is 107 Å². The lowest BCUT2D eigenvalue weighted by Gasteiger charge is -2.28. The molecule has 1 fully saturated rings. The summed E-state index contributed by atoms with van der Waals surface area (Å²) in [5.41, 5.74) is 1.03. The molecule has 510 valence electrons. The highest BCUT2D eigenvalue weighted by Crippen LogP contribution is 2.34. The summed E-state index contributed by atoms with van der Waals surface area (Å²) in [4.78, 5) is 126. The minimum absolute atomic E-state index is 0.00566. The minimum atomic E-state index is -3.89. The molecule has 2 aromatic rings. The van der Waals surface area contributed by atoms with Gasteiger partial charge in [0.15, 0.2) is 6.10 Å². The molecule has 31 nitrogen and oxygen atoms in total. The number of amides is 8. The molecular weight excluding hydrogens is 1220 g/mol. The molecule has 0 unspecified atom stereocenters. The Morgan fingerprint density at radius 1 is 0.637 bits per heavy atom. The molecule has 1 aromatic carbocycles. The summed E-state index contributed by atoms with van der Waals surface area (Å²) in [6, 6.07) is 6.28. The molecule has 1 aliphatic heterocycles. The molecule has 91 heavy (non-hydrogen) atoms. The van der Waals surface area contributed by atoms with Gasteiger partial charge in [-0.25, -0.2) is 23.2 Å². The van der Waals surface area contributed by atoms with Crippen molar-refractivity contribution in [1.82, 2.24) is 52.1 Å². The van der Waals surface area contributed by atoms with Crippen molar-refractivity contribution in [3.05, 3.63) is 53.3 Å². The van der Waals surface area contributed by atoms with E-state index in [-0.39, 0.29) is 93.2 Å². The first-order chi connectivity index (χ1) is 43.7. The summed E-state index contributed by atoms with van der Waals surface area (Å²) in [6.45, 7) is 8.78. The number of carboxylic acids is 1. The number of aromatic nitrogens is 2. The highest BCUT2D eigenvalue weighted by Gasteiger charge is 2.38. The quantitative estimate of drug-likeness (QED) is 0.0210. The molecule has 4 rings (SSSR count). The van der Waals surface area contributed by atoms with Crippen LogP contribution in [0.15, 0.2) is 41.7 Å². The van der Waals surface area contributed by atoms with Gasteiger partial charge in [-0.15, -0.1) is 0 Å². The van der Waals surface area contributed by atoms with E-state index < -0.39 is 106 Å². The second kappa shape index (κ2) is 43.0. The number of nitrogens with zero attached hydrogens (tertiary/aromatic N) is 3. The smallest absolute Gasteiger partial charge is 0.333 e. The first-order valence-electron chi connectivity index (χ1n) is 30.5. The molecule has 0 bridgehead atoms. The van der Waals surface area contributed by atoms with Gasteiger partial charge in [0.2, 0.25) is 56.3 Å². The number of benzene rings is 1.